The molecule has 0 spiro atoms. The molecule has 0 N–H and O–H groups in total. The van der Waals surface area contributed by atoms with E-state index in [0.29, 0.717) is 11.8 Å². The Hall–Kier alpha value is -1.57. The summed E-state index contributed by atoms with van der Waals surface area (Å²) in [5, 5.41) is 0. The molecule has 2 aliphatic rings. The molecule has 2 saturated carbocycles. The second-order valence-corrected chi connectivity index (χ2v) is 5.27. The average molecular weight is 242 g/mol. The molecule has 0 aliphatic heterocycles. The largest absolute Gasteiger partial charge is 0.431 e. The van der Waals surface area contributed by atoms with Gasteiger partial charge in [-0.1, -0.05) is 30.3 Å². The maximum atomic E-state index is 11.2. The van der Waals surface area contributed by atoms with E-state index in [4.69, 9.17) is 4.74 Å². The first-order chi connectivity index (χ1) is 8.75. The van der Waals surface area contributed by atoms with Gasteiger partial charge in [-0.2, -0.15) is 0 Å². The van der Waals surface area contributed by atoms with Crippen LogP contribution in [-0.4, -0.2) is 5.97 Å². The third-order valence-electron chi connectivity index (χ3n) is 3.91. The number of rotatable bonds is 3. The van der Waals surface area contributed by atoms with Gasteiger partial charge in [0, 0.05) is 12.8 Å². The lowest BCUT2D eigenvalue weighted by Gasteiger charge is -2.21. The lowest BCUT2D eigenvalue weighted by molar-refractivity contribution is -0.137. The van der Waals surface area contributed by atoms with Gasteiger partial charge in [0.05, 0.1) is 0 Å². The Bertz CT molecular complexity index is 481. The van der Waals surface area contributed by atoms with Gasteiger partial charge in [-0.05, 0) is 42.7 Å². The monoisotopic (exact) mass is 242 g/mol. The van der Waals surface area contributed by atoms with Gasteiger partial charge in [-0.25, -0.2) is 0 Å². The van der Waals surface area contributed by atoms with Gasteiger partial charge >= 0.3 is 5.97 Å². The van der Waals surface area contributed by atoms with Crippen molar-refractivity contribution in [3.05, 3.63) is 47.2 Å². The first kappa shape index (κ1) is 11.5. The summed E-state index contributed by atoms with van der Waals surface area (Å²) in [4.78, 5) is 11.2. The fraction of sp³-hybridized carbons (Fsp3) is 0.438. The summed E-state index contributed by atoms with van der Waals surface area (Å²) in [7, 11) is 0. The molecule has 1 aromatic carbocycles. The SMILES string of the molecule is CC(=O)OC(=C1CCC1)[C@H]1C[C@H]1c1ccccc1. The highest BCUT2D eigenvalue weighted by atomic mass is 16.5. The molecule has 0 bridgehead atoms. The molecule has 1 aromatic rings. The summed E-state index contributed by atoms with van der Waals surface area (Å²) in [5.41, 5.74) is 2.74. The van der Waals surface area contributed by atoms with Gasteiger partial charge in [0.2, 0.25) is 0 Å². The van der Waals surface area contributed by atoms with Crippen molar-refractivity contribution in [1.29, 1.82) is 0 Å². The second-order valence-electron chi connectivity index (χ2n) is 5.27. The molecular weight excluding hydrogens is 224 g/mol. The molecule has 18 heavy (non-hydrogen) atoms. The van der Waals surface area contributed by atoms with Gasteiger partial charge in [0.25, 0.3) is 0 Å². The molecule has 0 saturated heterocycles. The Kier molecular flexibility index (Phi) is 2.94. The van der Waals surface area contributed by atoms with Crippen molar-refractivity contribution < 1.29 is 9.53 Å². The summed E-state index contributed by atoms with van der Waals surface area (Å²) in [6.45, 7) is 1.50. The minimum Gasteiger partial charge on any atom is -0.431 e. The number of ether oxygens (including phenoxy) is 1. The van der Waals surface area contributed by atoms with Gasteiger partial charge in [0.15, 0.2) is 0 Å². The zero-order valence-electron chi connectivity index (χ0n) is 10.7. The predicted molar refractivity (Wildman–Crippen MR) is 69.9 cm³/mol. The molecule has 0 amide bonds. The third kappa shape index (κ3) is 2.20. The van der Waals surface area contributed by atoms with Gasteiger partial charge in [-0.15, -0.1) is 0 Å². The Morgan fingerprint density at radius 3 is 2.50 bits per heavy atom. The van der Waals surface area contributed by atoms with Crippen molar-refractivity contribution in [3.63, 3.8) is 0 Å². The summed E-state index contributed by atoms with van der Waals surface area (Å²) >= 11 is 0. The highest BCUT2D eigenvalue weighted by Crippen LogP contribution is 2.54. The number of allylic oxidation sites excluding steroid dienone is 2. The van der Waals surface area contributed by atoms with E-state index < -0.39 is 0 Å². The zero-order valence-corrected chi connectivity index (χ0v) is 10.7. The molecule has 3 rings (SSSR count). The lowest BCUT2D eigenvalue weighted by atomic mass is 9.89. The fourth-order valence-electron chi connectivity index (χ4n) is 2.72. The van der Waals surface area contributed by atoms with Crippen LogP contribution in [0.5, 0.6) is 0 Å². The second kappa shape index (κ2) is 4.60. The van der Waals surface area contributed by atoms with E-state index in [1.54, 1.807) is 0 Å². The van der Waals surface area contributed by atoms with Crippen LogP contribution in [0, 0.1) is 5.92 Å². The Morgan fingerprint density at radius 1 is 1.22 bits per heavy atom. The quantitative estimate of drug-likeness (QED) is 0.595. The minimum absolute atomic E-state index is 0.178. The molecule has 2 fully saturated rings. The summed E-state index contributed by atoms with van der Waals surface area (Å²) in [6.07, 6.45) is 4.58. The summed E-state index contributed by atoms with van der Waals surface area (Å²) in [6, 6.07) is 10.5. The van der Waals surface area contributed by atoms with Crippen molar-refractivity contribution in [3.8, 4) is 0 Å². The van der Waals surface area contributed by atoms with E-state index in [2.05, 4.69) is 24.3 Å². The molecule has 0 radical (unpaired) electrons. The van der Waals surface area contributed by atoms with Crippen LogP contribution in [0.4, 0.5) is 0 Å². The molecular formula is C16H18O2. The first-order valence-corrected chi connectivity index (χ1v) is 6.71. The predicted octanol–water partition coefficient (Wildman–Crippen LogP) is 3.79. The van der Waals surface area contributed by atoms with Crippen LogP contribution in [0.1, 0.15) is 44.1 Å². The summed E-state index contributed by atoms with van der Waals surface area (Å²) < 4.78 is 5.47. The number of benzene rings is 1. The van der Waals surface area contributed by atoms with E-state index in [9.17, 15) is 4.79 Å². The first-order valence-electron chi connectivity index (χ1n) is 6.71. The van der Waals surface area contributed by atoms with Crippen LogP contribution < -0.4 is 0 Å². The average Bonchev–Trinajstić information content (AvgIpc) is 3.06. The zero-order chi connectivity index (χ0) is 12.5. The van der Waals surface area contributed by atoms with Crippen molar-refractivity contribution >= 4 is 5.97 Å². The molecule has 0 heterocycles. The number of carbonyl (C=O) groups excluding carboxylic acids is 1. The Balaban J connectivity index is 1.77. The number of hydrogen-bond acceptors (Lipinski definition) is 2. The Morgan fingerprint density at radius 2 is 1.94 bits per heavy atom. The fourth-order valence-corrected chi connectivity index (χ4v) is 2.72. The van der Waals surface area contributed by atoms with E-state index in [1.807, 2.05) is 6.07 Å². The number of hydrogen-bond donors (Lipinski definition) is 0. The van der Waals surface area contributed by atoms with Crippen molar-refractivity contribution in [2.45, 2.75) is 38.5 Å². The highest BCUT2D eigenvalue weighted by Gasteiger charge is 2.44. The van der Waals surface area contributed by atoms with Gasteiger partial charge in [0.1, 0.15) is 5.76 Å². The van der Waals surface area contributed by atoms with Crippen molar-refractivity contribution in [2.24, 2.45) is 5.92 Å². The minimum atomic E-state index is -0.178. The number of carbonyl (C=O) groups is 1. The maximum Gasteiger partial charge on any atom is 0.307 e. The van der Waals surface area contributed by atoms with Gasteiger partial charge in [-0.3, -0.25) is 4.79 Å². The van der Waals surface area contributed by atoms with Crippen LogP contribution in [0.25, 0.3) is 0 Å². The van der Waals surface area contributed by atoms with E-state index in [-0.39, 0.29) is 5.97 Å². The van der Waals surface area contributed by atoms with E-state index in [0.717, 1.165) is 25.0 Å². The van der Waals surface area contributed by atoms with Crippen LogP contribution >= 0.6 is 0 Å². The normalized spacial score (nSPS) is 25.3. The molecule has 94 valence electrons. The molecule has 2 aliphatic carbocycles. The summed E-state index contributed by atoms with van der Waals surface area (Å²) in [5.74, 6) is 1.80. The smallest absolute Gasteiger partial charge is 0.307 e. The topological polar surface area (TPSA) is 26.3 Å². The van der Waals surface area contributed by atoms with Crippen LogP contribution in [0.15, 0.2) is 41.7 Å². The van der Waals surface area contributed by atoms with Crippen molar-refractivity contribution in [2.75, 3.05) is 0 Å². The molecule has 0 unspecified atom stereocenters. The molecule has 0 aromatic heterocycles. The third-order valence-corrected chi connectivity index (χ3v) is 3.91. The van der Waals surface area contributed by atoms with E-state index in [1.165, 1.54) is 24.5 Å². The number of esters is 1. The molecule has 2 nitrogen and oxygen atoms in total. The van der Waals surface area contributed by atoms with Crippen LogP contribution in [-0.2, 0) is 9.53 Å². The molecule has 2 heteroatoms. The lowest BCUT2D eigenvalue weighted by Crippen LogP contribution is -2.10. The molecule has 2 atom stereocenters. The highest BCUT2D eigenvalue weighted by molar-refractivity contribution is 5.67. The van der Waals surface area contributed by atoms with Crippen LogP contribution in [0.3, 0.4) is 0 Å². The maximum absolute atomic E-state index is 11.2. The standard InChI is InChI=1S/C16H18O2/c1-11(17)18-16(13-8-5-9-13)15-10-14(15)12-6-3-2-4-7-12/h2-4,6-7,14-15H,5,8-10H2,1H3/t14-,15-/m0/s1. The van der Waals surface area contributed by atoms with E-state index >= 15 is 0 Å². The van der Waals surface area contributed by atoms with Gasteiger partial charge < -0.3 is 4.74 Å². The van der Waals surface area contributed by atoms with Crippen LogP contribution in [0.2, 0.25) is 0 Å². The Labute approximate surface area is 108 Å². The van der Waals surface area contributed by atoms with Crippen molar-refractivity contribution in [1.82, 2.24) is 0 Å².